The smallest absolute Gasteiger partial charge is 0.220 e. The van der Waals surface area contributed by atoms with Crippen LogP contribution in [0.5, 0.6) is 17.2 Å². The van der Waals surface area contributed by atoms with Crippen molar-refractivity contribution in [2.45, 2.75) is 44.7 Å². The van der Waals surface area contributed by atoms with E-state index in [4.69, 9.17) is 9.47 Å². The zero-order valence-corrected chi connectivity index (χ0v) is 26.2. The average Bonchev–Trinajstić information content (AvgIpc) is 3.75. The van der Waals surface area contributed by atoms with Crippen LogP contribution < -0.4 is 14.8 Å². The first-order valence-corrected chi connectivity index (χ1v) is 14.9. The van der Waals surface area contributed by atoms with Gasteiger partial charge in [-0.1, -0.05) is 12.1 Å². The average molecular weight is 641 g/mol. The predicted octanol–water partition coefficient (Wildman–Crippen LogP) is 3.08. The van der Waals surface area contributed by atoms with E-state index < -0.39 is 0 Å². The summed E-state index contributed by atoms with van der Waals surface area (Å²) < 4.78 is 12.8. The van der Waals surface area contributed by atoms with Crippen molar-refractivity contribution >= 4 is 27.3 Å². The van der Waals surface area contributed by atoms with Crippen molar-refractivity contribution in [2.75, 3.05) is 26.8 Å². The van der Waals surface area contributed by atoms with Crippen molar-refractivity contribution in [3.05, 3.63) is 77.4 Å². The number of methoxy groups -OCH3 is 1. The van der Waals surface area contributed by atoms with Crippen LogP contribution in [0, 0.1) is 12.8 Å². The number of likely N-dealkylation sites (tertiary alicyclic amines) is 1. The SMILES string of the molecule is C#C.COc1cc(Cc2c(-c3ccc(OCC4CCC(=O)N4)cc3)sc3cc(O)ccc23)ccc1CN1CCCC1.O.O.O.O. The summed E-state index contributed by atoms with van der Waals surface area (Å²) in [5, 5.41) is 14.3. The molecule has 2 aliphatic heterocycles. The van der Waals surface area contributed by atoms with E-state index >= 15 is 0 Å². The number of benzene rings is 3. The molecule has 0 radical (unpaired) electrons. The first kappa shape index (κ1) is 38.9. The Labute approximate surface area is 267 Å². The first-order chi connectivity index (χ1) is 20.1. The number of carbonyl (C=O) groups is 1. The molecule has 4 aromatic rings. The van der Waals surface area contributed by atoms with Crippen LogP contribution in [0.15, 0.2) is 60.7 Å². The lowest BCUT2D eigenvalue weighted by Gasteiger charge is -2.18. The van der Waals surface area contributed by atoms with Crippen molar-refractivity contribution in [1.82, 2.24) is 10.2 Å². The molecule has 6 rings (SSSR count). The van der Waals surface area contributed by atoms with E-state index in [2.05, 4.69) is 53.4 Å². The van der Waals surface area contributed by atoms with Gasteiger partial charge in [-0.2, -0.15) is 0 Å². The fourth-order valence-corrected chi connectivity index (χ4v) is 6.92. The zero-order valence-electron chi connectivity index (χ0n) is 25.4. The Kier molecular flexibility index (Phi) is 15.5. The molecular weight excluding hydrogens is 596 g/mol. The van der Waals surface area contributed by atoms with Gasteiger partial charge in [0, 0.05) is 28.1 Å². The van der Waals surface area contributed by atoms with Gasteiger partial charge in [0.15, 0.2) is 0 Å². The monoisotopic (exact) mass is 640 g/mol. The quantitative estimate of drug-likeness (QED) is 0.265. The van der Waals surface area contributed by atoms with E-state index in [1.807, 2.05) is 24.3 Å². The molecule has 45 heavy (non-hydrogen) atoms. The highest BCUT2D eigenvalue weighted by atomic mass is 32.1. The van der Waals surface area contributed by atoms with Gasteiger partial charge in [0.25, 0.3) is 0 Å². The number of thiophene rings is 1. The molecule has 1 aromatic heterocycles. The van der Waals surface area contributed by atoms with Gasteiger partial charge in [-0.05, 0) is 109 Å². The Balaban J connectivity index is 0.00000166. The molecule has 2 aliphatic rings. The number of terminal acetylenes is 1. The number of nitrogens with one attached hydrogen (secondary N) is 1. The van der Waals surface area contributed by atoms with Crippen LogP contribution in [0.2, 0.25) is 0 Å². The summed E-state index contributed by atoms with van der Waals surface area (Å²) in [7, 11) is 1.76. The number of rotatable bonds is 9. The largest absolute Gasteiger partial charge is 0.508 e. The molecule has 2 fully saturated rings. The van der Waals surface area contributed by atoms with Gasteiger partial charge in [-0.15, -0.1) is 24.2 Å². The van der Waals surface area contributed by atoms with E-state index in [-0.39, 0.29) is 39.6 Å². The number of phenolic OH excluding ortho intramolecular Hbond substituents is 1. The van der Waals surface area contributed by atoms with Crippen molar-refractivity contribution in [2.24, 2.45) is 0 Å². The van der Waals surface area contributed by atoms with Crippen LogP contribution in [-0.4, -0.2) is 70.7 Å². The maximum absolute atomic E-state index is 11.5. The van der Waals surface area contributed by atoms with Gasteiger partial charge in [0.1, 0.15) is 23.9 Å². The highest BCUT2D eigenvalue weighted by Gasteiger charge is 2.21. The minimum Gasteiger partial charge on any atom is -0.508 e. The number of amides is 1. The second-order valence-corrected chi connectivity index (χ2v) is 11.6. The summed E-state index contributed by atoms with van der Waals surface area (Å²) >= 11 is 1.70. The number of nitrogens with zero attached hydrogens (tertiary/aromatic N) is 1. The molecule has 0 saturated carbocycles. The van der Waals surface area contributed by atoms with E-state index in [1.165, 1.54) is 34.4 Å². The number of aromatic hydroxyl groups is 1. The van der Waals surface area contributed by atoms with Crippen molar-refractivity contribution in [3.63, 3.8) is 0 Å². The second-order valence-electron chi connectivity index (χ2n) is 10.5. The lowest BCUT2D eigenvalue weighted by molar-refractivity contribution is -0.119. The minimum absolute atomic E-state index is 0. The lowest BCUT2D eigenvalue weighted by atomic mass is 9.97. The molecule has 0 spiro atoms. The standard InChI is InChI=1S/C32H34N2O4S.C2H2.4H2O/c1-37-29-17-21(4-5-23(29)19-34-14-2-3-15-34)16-28-27-12-9-25(35)18-30(27)39-32(28)22-6-10-26(11-7-22)38-20-24-8-13-31(36)33-24;1-2;;;;/h4-7,9-12,17-18,24,35H,2-3,8,13-16,19-20H2,1H3,(H,33,36);1-2H;4*1H2. The highest BCUT2D eigenvalue weighted by molar-refractivity contribution is 7.22. The molecule has 1 atom stereocenters. The van der Waals surface area contributed by atoms with E-state index in [1.54, 1.807) is 24.5 Å². The Hall–Kier alpha value is -4.15. The fourth-order valence-electron chi connectivity index (χ4n) is 5.66. The maximum atomic E-state index is 11.5. The second kappa shape index (κ2) is 18.0. The van der Waals surface area contributed by atoms with Crippen LogP contribution in [0.25, 0.3) is 20.5 Å². The summed E-state index contributed by atoms with van der Waals surface area (Å²) in [6, 6.07) is 20.5. The van der Waals surface area contributed by atoms with E-state index in [0.717, 1.165) is 59.6 Å². The van der Waals surface area contributed by atoms with E-state index in [0.29, 0.717) is 13.0 Å². The molecule has 0 aliphatic carbocycles. The molecule has 10 nitrogen and oxygen atoms in total. The summed E-state index contributed by atoms with van der Waals surface area (Å²) in [6.07, 6.45) is 12.7. The van der Waals surface area contributed by atoms with Gasteiger partial charge in [-0.25, -0.2) is 0 Å². The Morgan fingerprint density at radius 2 is 1.69 bits per heavy atom. The van der Waals surface area contributed by atoms with Gasteiger partial charge in [0.2, 0.25) is 5.91 Å². The molecular formula is C34H44N2O8S. The first-order valence-electron chi connectivity index (χ1n) is 14.0. The maximum Gasteiger partial charge on any atom is 0.220 e. The van der Waals surface area contributed by atoms with Crippen LogP contribution in [0.3, 0.4) is 0 Å². The number of fused-ring (bicyclic) bond motifs is 1. The van der Waals surface area contributed by atoms with Crippen molar-refractivity contribution in [1.29, 1.82) is 0 Å². The van der Waals surface area contributed by atoms with Crippen molar-refractivity contribution < 1.29 is 41.3 Å². The number of ether oxygens (including phenoxy) is 2. The molecule has 244 valence electrons. The molecule has 3 heterocycles. The van der Waals surface area contributed by atoms with Gasteiger partial charge >= 0.3 is 0 Å². The third-order valence-corrected chi connectivity index (χ3v) is 9.00. The van der Waals surface area contributed by atoms with Crippen LogP contribution in [0.4, 0.5) is 0 Å². The normalized spacial score (nSPS) is 15.3. The zero-order chi connectivity index (χ0) is 28.8. The lowest BCUT2D eigenvalue weighted by Crippen LogP contribution is -2.30. The minimum atomic E-state index is 0. The number of carbonyl (C=O) groups excluding carboxylic acids is 1. The fraction of sp³-hybridized carbons (Fsp3) is 0.324. The Bertz CT molecular complexity index is 1530. The van der Waals surface area contributed by atoms with Gasteiger partial charge in [0.05, 0.1) is 13.2 Å². The molecule has 1 unspecified atom stereocenters. The number of hydrogen-bond acceptors (Lipinski definition) is 6. The summed E-state index contributed by atoms with van der Waals surface area (Å²) in [4.78, 5) is 15.1. The molecule has 2 saturated heterocycles. The molecule has 3 aromatic carbocycles. The Morgan fingerprint density at radius 1 is 0.978 bits per heavy atom. The molecule has 0 bridgehead atoms. The molecule has 1 amide bonds. The van der Waals surface area contributed by atoms with Crippen LogP contribution in [-0.2, 0) is 17.8 Å². The topological polar surface area (TPSA) is 197 Å². The molecule has 10 N–H and O–H groups in total. The highest BCUT2D eigenvalue weighted by Crippen LogP contribution is 2.42. The van der Waals surface area contributed by atoms with E-state index in [9.17, 15) is 9.90 Å². The third-order valence-electron chi connectivity index (χ3n) is 7.75. The predicted molar refractivity (Wildman–Crippen MR) is 180 cm³/mol. The van der Waals surface area contributed by atoms with Gasteiger partial charge < -0.3 is 41.8 Å². The number of hydrogen-bond donors (Lipinski definition) is 2. The summed E-state index contributed by atoms with van der Waals surface area (Å²) in [5.74, 6) is 2.11. The summed E-state index contributed by atoms with van der Waals surface area (Å²) in [5.41, 5.74) is 4.79. The Morgan fingerprint density at radius 3 is 2.33 bits per heavy atom. The molecule has 11 heteroatoms. The third kappa shape index (κ3) is 9.18. The van der Waals surface area contributed by atoms with Gasteiger partial charge in [-0.3, -0.25) is 9.69 Å². The van der Waals surface area contributed by atoms with Crippen LogP contribution in [0.1, 0.15) is 42.4 Å². The van der Waals surface area contributed by atoms with Crippen molar-refractivity contribution in [3.8, 4) is 40.5 Å². The summed E-state index contributed by atoms with van der Waals surface area (Å²) in [6.45, 7) is 3.72. The number of phenols is 1. The van der Waals surface area contributed by atoms with Crippen LogP contribution >= 0.6 is 11.3 Å².